The molecule has 0 saturated carbocycles. The maximum Gasteiger partial charge on any atom is 0.271 e. The van der Waals surface area contributed by atoms with Crippen molar-refractivity contribution in [3.8, 4) is 11.5 Å². The molecule has 1 atom stereocenters. The molecule has 1 saturated heterocycles. The van der Waals surface area contributed by atoms with Gasteiger partial charge in [-0.25, -0.2) is 0 Å². The summed E-state index contributed by atoms with van der Waals surface area (Å²) in [5.41, 5.74) is 1.97. The van der Waals surface area contributed by atoms with E-state index in [0.29, 0.717) is 18.2 Å². The maximum atomic E-state index is 10.9. The zero-order valence-electron chi connectivity index (χ0n) is 14.2. The normalized spacial score (nSPS) is 19.3. The molecule has 2 heterocycles. The van der Waals surface area contributed by atoms with Crippen LogP contribution in [0.2, 0.25) is 5.02 Å². The predicted molar refractivity (Wildman–Crippen MR) is 99.5 cm³/mol. The third-order valence-corrected chi connectivity index (χ3v) is 5.16. The molecule has 0 spiro atoms. The van der Waals surface area contributed by atoms with Gasteiger partial charge in [-0.15, -0.1) is 0 Å². The lowest BCUT2D eigenvalue weighted by Gasteiger charge is -2.28. The number of non-ortho nitro benzene ring substituents is 1. The van der Waals surface area contributed by atoms with E-state index in [2.05, 4.69) is 11.0 Å². The number of halogens is 1. The molecule has 0 amide bonds. The van der Waals surface area contributed by atoms with Crippen LogP contribution in [-0.4, -0.2) is 24.7 Å². The van der Waals surface area contributed by atoms with Crippen molar-refractivity contribution in [3.63, 3.8) is 0 Å². The Hall–Kier alpha value is -2.47. The molecule has 0 unspecified atom stereocenters. The van der Waals surface area contributed by atoms with Gasteiger partial charge in [0.05, 0.1) is 34.9 Å². The van der Waals surface area contributed by atoms with Crippen LogP contribution in [-0.2, 0) is 0 Å². The molecule has 2 aliphatic heterocycles. The second-order valence-corrected chi connectivity index (χ2v) is 6.91. The number of nitro benzene ring substituents is 1. The van der Waals surface area contributed by atoms with Crippen molar-refractivity contribution in [2.75, 3.05) is 24.7 Å². The van der Waals surface area contributed by atoms with Gasteiger partial charge in [-0.05, 0) is 36.6 Å². The SMILES string of the molecule is O=[N+]([O-])c1ccc(N2CCC[C@H]2c2ccc3c(c2)OCCCO3)c(Cl)c1. The lowest BCUT2D eigenvalue weighted by atomic mass is 10.0. The van der Waals surface area contributed by atoms with E-state index in [1.807, 2.05) is 12.1 Å². The molecule has 2 aromatic carbocycles. The summed E-state index contributed by atoms with van der Waals surface area (Å²) in [7, 11) is 0. The minimum absolute atomic E-state index is 0.00470. The number of ether oxygens (including phenoxy) is 2. The quantitative estimate of drug-likeness (QED) is 0.573. The van der Waals surface area contributed by atoms with Gasteiger partial charge in [0.1, 0.15) is 0 Å². The molecule has 26 heavy (non-hydrogen) atoms. The number of anilines is 1. The van der Waals surface area contributed by atoms with Crippen LogP contribution in [0.25, 0.3) is 0 Å². The van der Waals surface area contributed by atoms with Gasteiger partial charge < -0.3 is 14.4 Å². The predicted octanol–water partition coefficient (Wildman–Crippen LogP) is 4.75. The first-order valence-electron chi connectivity index (χ1n) is 8.73. The highest BCUT2D eigenvalue weighted by molar-refractivity contribution is 6.33. The molecule has 0 N–H and O–H groups in total. The number of rotatable bonds is 3. The summed E-state index contributed by atoms with van der Waals surface area (Å²) >= 11 is 6.35. The summed E-state index contributed by atoms with van der Waals surface area (Å²) < 4.78 is 11.5. The standard InChI is InChI=1S/C19H19ClN2O4/c20-15-12-14(22(23)24)5-6-17(15)21-8-1-3-16(21)13-4-7-18-19(11-13)26-10-2-9-25-18/h4-7,11-12,16H,1-3,8-10H2/t16-/m0/s1. The molecule has 0 radical (unpaired) electrons. The van der Waals surface area contributed by atoms with Crippen LogP contribution in [0, 0.1) is 10.1 Å². The van der Waals surface area contributed by atoms with Gasteiger partial charge in [-0.2, -0.15) is 0 Å². The van der Waals surface area contributed by atoms with Crippen molar-refractivity contribution in [1.82, 2.24) is 0 Å². The monoisotopic (exact) mass is 374 g/mol. The zero-order valence-corrected chi connectivity index (χ0v) is 14.9. The van der Waals surface area contributed by atoms with E-state index in [1.54, 1.807) is 6.07 Å². The van der Waals surface area contributed by atoms with Crippen molar-refractivity contribution in [2.45, 2.75) is 25.3 Å². The highest BCUT2D eigenvalue weighted by Gasteiger charge is 2.29. The van der Waals surface area contributed by atoms with Crippen molar-refractivity contribution < 1.29 is 14.4 Å². The third-order valence-electron chi connectivity index (χ3n) is 4.86. The summed E-state index contributed by atoms with van der Waals surface area (Å²) in [6.07, 6.45) is 2.90. The van der Waals surface area contributed by atoms with Crippen molar-refractivity contribution >= 4 is 23.0 Å². The van der Waals surface area contributed by atoms with Crippen molar-refractivity contribution in [2.24, 2.45) is 0 Å². The van der Waals surface area contributed by atoms with E-state index in [4.69, 9.17) is 21.1 Å². The Balaban J connectivity index is 1.65. The first-order chi connectivity index (χ1) is 12.6. The average molecular weight is 375 g/mol. The molecule has 7 heteroatoms. The van der Waals surface area contributed by atoms with Crippen molar-refractivity contribution in [1.29, 1.82) is 0 Å². The molecule has 2 aliphatic rings. The Morgan fingerprint density at radius 1 is 1.08 bits per heavy atom. The molecule has 0 aromatic heterocycles. The summed E-state index contributed by atoms with van der Waals surface area (Å²) in [6.45, 7) is 2.18. The number of hydrogen-bond acceptors (Lipinski definition) is 5. The highest BCUT2D eigenvalue weighted by Crippen LogP contribution is 2.42. The van der Waals surface area contributed by atoms with Gasteiger partial charge in [0, 0.05) is 25.1 Å². The fourth-order valence-corrected chi connectivity index (χ4v) is 3.91. The van der Waals surface area contributed by atoms with E-state index in [1.165, 1.54) is 12.1 Å². The van der Waals surface area contributed by atoms with E-state index in [-0.39, 0.29) is 11.7 Å². The van der Waals surface area contributed by atoms with Crippen molar-refractivity contribution in [3.05, 3.63) is 57.1 Å². The Morgan fingerprint density at radius 3 is 2.65 bits per heavy atom. The van der Waals surface area contributed by atoms with Gasteiger partial charge in [-0.1, -0.05) is 17.7 Å². The summed E-state index contributed by atoms with van der Waals surface area (Å²) in [6, 6.07) is 10.9. The first-order valence-corrected chi connectivity index (χ1v) is 9.11. The molecule has 0 aliphatic carbocycles. The number of benzene rings is 2. The molecular formula is C19H19ClN2O4. The number of hydrogen-bond donors (Lipinski definition) is 0. The fourth-order valence-electron chi connectivity index (χ4n) is 3.63. The topological polar surface area (TPSA) is 64.8 Å². The number of nitrogens with zero attached hydrogens (tertiary/aromatic N) is 2. The van der Waals surface area contributed by atoms with E-state index in [9.17, 15) is 10.1 Å². The zero-order chi connectivity index (χ0) is 18.1. The second kappa shape index (κ2) is 7.03. The Morgan fingerprint density at radius 2 is 1.88 bits per heavy atom. The lowest BCUT2D eigenvalue weighted by molar-refractivity contribution is -0.384. The van der Waals surface area contributed by atoms with Crippen LogP contribution in [0.3, 0.4) is 0 Å². The van der Waals surface area contributed by atoms with Crippen LogP contribution in [0.5, 0.6) is 11.5 Å². The molecule has 4 rings (SSSR count). The number of nitro groups is 1. The lowest BCUT2D eigenvalue weighted by Crippen LogP contribution is -2.22. The van der Waals surface area contributed by atoms with Gasteiger partial charge in [0.25, 0.3) is 5.69 Å². The average Bonchev–Trinajstić information content (AvgIpc) is 2.99. The molecule has 1 fully saturated rings. The van der Waals surface area contributed by atoms with E-state index >= 15 is 0 Å². The minimum Gasteiger partial charge on any atom is -0.490 e. The summed E-state index contributed by atoms with van der Waals surface area (Å²) in [4.78, 5) is 12.7. The third kappa shape index (κ3) is 3.17. The Kier molecular flexibility index (Phi) is 4.59. The number of fused-ring (bicyclic) bond motifs is 1. The summed E-state index contributed by atoms with van der Waals surface area (Å²) in [5.74, 6) is 1.56. The molecule has 6 nitrogen and oxygen atoms in total. The van der Waals surface area contributed by atoms with Crippen LogP contribution in [0.15, 0.2) is 36.4 Å². The fraction of sp³-hybridized carbons (Fsp3) is 0.368. The minimum atomic E-state index is -0.430. The van der Waals surface area contributed by atoms with E-state index in [0.717, 1.165) is 48.6 Å². The van der Waals surface area contributed by atoms with Crippen LogP contribution in [0.1, 0.15) is 30.9 Å². The largest absolute Gasteiger partial charge is 0.490 e. The maximum absolute atomic E-state index is 10.9. The smallest absolute Gasteiger partial charge is 0.271 e. The first kappa shape index (κ1) is 17.0. The highest BCUT2D eigenvalue weighted by atomic mass is 35.5. The van der Waals surface area contributed by atoms with Gasteiger partial charge in [0.2, 0.25) is 0 Å². The molecule has 2 aromatic rings. The molecular weight excluding hydrogens is 356 g/mol. The second-order valence-electron chi connectivity index (χ2n) is 6.50. The van der Waals surface area contributed by atoms with Crippen LogP contribution in [0.4, 0.5) is 11.4 Å². The van der Waals surface area contributed by atoms with Gasteiger partial charge >= 0.3 is 0 Å². The van der Waals surface area contributed by atoms with Gasteiger partial charge in [0.15, 0.2) is 11.5 Å². The van der Waals surface area contributed by atoms with Crippen LogP contribution < -0.4 is 14.4 Å². The Bertz CT molecular complexity index is 842. The molecule has 136 valence electrons. The van der Waals surface area contributed by atoms with E-state index < -0.39 is 4.92 Å². The van der Waals surface area contributed by atoms with Gasteiger partial charge in [-0.3, -0.25) is 10.1 Å². The Labute approximate surface area is 156 Å². The van der Waals surface area contributed by atoms with Crippen LogP contribution >= 0.6 is 11.6 Å². The molecule has 0 bridgehead atoms. The summed E-state index contributed by atoms with van der Waals surface area (Å²) in [5, 5.41) is 11.3.